The predicted octanol–water partition coefficient (Wildman–Crippen LogP) is 1.26. The van der Waals surface area contributed by atoms with Crippen molar-refractivity contribution in [2.45, 2.75) is 0 Å². The molecule has 0 aliphatic rings. The number of amides is 1. The number of phosphoric acid groups is 1. The lowest BCUT2D eigenvalue weighted by atomic mass is 11.1. The van der Waals surface area contributed by atoms with Gasteiger partial charge >= 0.3 is 13.9 Å². The summed E-state index contributed by atoms with van der Waals surface area (Å²) in [7, 11) is -1.40. The van der Waals surface area contributed by atoms with Gasteiger partial charge in [-0.05, 0) is 0 Å². The van der Waals surface area contributed by atoms with E-state index in [1.54, 1.807) is 0 Å². The fraction of sp³-hybridized carbons (Fsp3) is 0.400. The second-order valence-electron chi connectivity index (χ2n) is 1.53. The number of hydrogen-bond donors (Lipinski definition) is 1. The Kier molecular flexibility index (Phi) is 4.39. The molecule has 0 saturated heterocycles. The molecule has 0 aliphatic heterocycles. The first-order chi connectivity index (χ1) is 5.58. The van der Waals surface area contributed by atoms with Crippen molar-refractivity contribution in [1.29, 1.82) is 0 Å². The Morgan fingerprint density at radius 3 is 2.58 bits per heavy atom. The van der Waals surface area contributed by atoms with Crippen molar-refractivity contribution in [2.75, 3.05) is 14.2 Å². The third-order valence-electron chi connectivity index (χ3n) is 0.826. The molecule has 0 heterocycles. The van der Waals surface area contributed by atoms with Gasteiger partial charge in [-0.15, -0.1) is 0 Å². The van der Waals surface area contributed by atoms with Gasteiger partial charge in [0.25, 0.3) is 0 Å². The van der Waals surface area contributed by atoms with Crippen molar-refractivity contribution in [3.8, 4) is 0 Å². The zero-order valence-electron chi connectivity index (χ0n) is 6.77. The zero-order chi connectivity index (χ0) is 9.61. The van der Waals surface area contributed by atoms with Gasteiger partial charge in [0.1, 0.15) is 0 Å². The number of nitrogens with one attached hydrogen (secondary N) is 1. The van der Waals surface area contributed by atoms with E-state index in [0.29, 0.717) is 0 Å². The van der Waals surface area contributed by atoms with E-state index >= 15 is 0 Å². The third-order valence-corrected chi connectivity index (χ3v) is 2.07. The van der Waals surface area contributed by atoms with Crippen LogP contribution < -0.4 is 5.32 Å². The van der Waals surface area contributed by atoms with E-state index < -0.39 is 13.9 Å². The van der Waals surface area contributed by atoms with E-state index in [2.05, 4.69) is 25.5 Å². The lowest BCUT2D eigenvalue weighted by Crippen LogP contribution is -2.18. The van der Waals surface area contributed by atoms with E-state index in [1.165, 1.54) is 7.05 Å². The minimum absolute atomic E-state index is 0.868. The van der Waals surface area contributed by atoms with Gasteiger partial charge in [0, 0.05) is 14.2 Å². The molecular weight excluding hydrogens is 185 g/mol. The van der Waals surface area contributed by atoms with Gasteiger partial charge in [0.15, 0.2) is 0 Å². The first-order valence-electron chi connectivity index (χ1n) is 2.94. The topological polar surface area (TPSA) is 73.9 Å². The second kappa shape index (κ2) is 4.79. The predicted molar refractivity (Wildman–Crippen MR) is 41.4 cm³/mol. The molecule has 6 nitrogen and oxygen atoms in total. The van der Waals surface area contributed by atoms with Gasteiger partial charge in [0.2, 0.25) is 0 Å². The lowest BCUT2D eigenvalue weighted by Gasteiger charge is -2.12. The van der Waals surface area contributed by atoms with Crippen molar-refractivity contribution in [3.63, 3.8) is 0 Å². The van der Waals surface area contributed by atoms with Gasteiger partial charge in [-0.1, -0.05) is 6.58 Å². The molecule has 1 atom stereocenters. The maximum absolute atomic E-state index is 11.2. The highest BCUT2D eigenvalue weighted by Gasteiger charge is 2.29. The van der Waals surface area contributed by atoms with Crippen LogP contribution in [0.15, 0.2) is 12.8 Å². The van der Waals surface area contributed by atoms with Crippen LogP contribution in [-0.4, -0.2) is 20.3 Å². The summed E-state index contributed by atoms with van der Waals surface area (Å²) in [5.74, 6) is 0. The summed E-state index contributed by atoms with van der Waals surface area (Å²) in [5.41, 5.74) is 0. The van der Waals surface area contributed by atoms with Gasteiger partial charge in [0.05, 0.1) is 6.26 Å². The lowest BCUT2D eigenvalue weighted by molar-refractivity contribution is 0.163. The van der Waals surface area contributed by atoms with Crippen LogP contribution >= 0.6 is 7.82 Å². The molecule has 0 saturated carbocycles. The molecule has 0 aromatic heterocycles. The van der Waals surface area contributed by atoms with Gasteiger partial charge in [-0.3, -0.25) is 4.52 Å². The Balaban J connectivity index is 4.23. The van der Waals surface area contributed by atoms with Crippen molar-refractivity contribution in [3.05, 3.63) is 12.8 Å². The van der Waals surface area contributed by atoms with Crippen LogP contribution in [0.5, 0.6) is 0 Å². The Hall–Kier alpha value is -1.00. The van der Waals surface area contributed by atoms with Crippen molar-refractivity contribution in [2.24, 2.45) is 0 Å². The van der Waals surface area contributed by atoms with Crippen LogP contribution in [0.1, 0.15) is 0 Å². The number of hydrogen-bond acceptors (Lipinski definition) is 5. The fourth-order valence-electron chi connectivity index (χ4n) is 0.340. The van der Waals surface area contributed by atoms with Crippen molar-refractivity contribution < 1.29 is 22.9 Å². The van der Waals surface area contributed by atoms with Gasteiger partial charge in [-0.25, -0.2) is 9.36 Å². The highest BCUT2D eigenvalue weighted by Crippen LogP contribution is 2.48. The molecular formula is C5H10NO5P. The van der Waals surface area contributed by atoms with Crippen LogP contribution in [0.4, 0.5) is 4.79 Å². The summed E-state index contributed by atoms with van der Waals surface area (Å²) >= 11 is 0. The SMILES string of the molecule is C=COP(=O)(OC)OC(=O)NC. The maximum Gasteiger partial charge on any atom is 0.590 e. The molecule has 1 unspecified atom stereocenters. The molecule has 7 heteroatoms. The molecule has 12 heavy (non-hydrogen) atoms. The Morgan fingerprint density at radius 1 is 1.67 bits per heavy atom. The molecule has 1 amide bonds. The van der Waals surface area contributed by atoms with Crippen LogP contribution in [0.25, 0.3) is 0 Å². The van der Waals surface area contributed by atoms with Gasteiger partial charge in [-0.2, -0.15) is 0 Å². The van der Waals surface area contributed by atoms with Crippen LogP contribution in [-0.2, 0) is 18.1 Å². The minimum atomic E-state index is -3.80. The summed E-state index contributed by atoms with van der Waals surface area (Å²) in [6, 6.07) is 0. The summed E-state index contributed by atoms with van der Waals surface area (Å²) in [4.78, 5) is 10.6. The second-order valence-corrected chi connectivity index (χ2v) is 3.18. The van der Waals surface area contributed by atoms with E-state index in [4.69, 9.17) is 0 Å². The maximum atomic E-state index is 11.2. The summed E-state index contributed by atoms with van der Waals surface area (Å²) in [6.45, 7) is 3.14. The van der Waals surface area contributed by atoms with E-state index in [-0.39, 0.29) is 0 Å². The first kappa shape index (κ1) is 11.0. The summed E-state index contributed by atoms with van der Waals surface area (Å²) in [6.07, 6.45) is -0.0326. The highest BCUT2D eigenvalue weighted by molar-refractivity contribution is 7.49. The molecule has 0 aromatic rings. The molecule has 70 valence electrons. The standard InChI is InChI=1S/C5H10NO5P/c1-4-10-12(8,9-3)11-5(7)6-2/h4H,1H2,2-3H3,(H,6,7). The average Bonchev–Trinajstić information content (AvgIpc) is 2.05. The fourth-order valence-corrected chi connectivity index (χ4v) is 1.02. The molecule has 0 aliphatic carbocycles. The average molecular weight is 195 g/mol. The molecule has 0 bridgehead atoms. The largest absolute Gasteiger partial charge is 0.590 e. The van der Waals surface area contributed by atoms with Gasteiger partial charge < -0.3 is 14.4 Å². The number of carbonyl (C=O) groups is 1. The van der Waals surface area contributed by atoms with Crippen LogP contribution in [0.3, 0.4) is 0 Å². The van der Waals surface area contributed by atoms with E-state index in [0.717, 1.165) is 13.4 Å². The normalized spacial score (nSPS) is 14.2. The van der Waals surface area contributed by atoms with Crippen molar-refractivity contribution in [1.82, 2.24) is 5.32 Å². The quantitative estimate of drug-likeness (QED) is 0.539. The molecule has 0 rings (SSSR count). The number of rotatable bonds is 4. The summed E-state index contributed by atoms with van der Waals surface area (Å²) < 4.78 is 24.1. The molecule has 0 aromatic carbocycles. The Morgan fingerprint density at radius 2 is 2.25 bits per heavy atom. The smallest absolute Gasteiger partial charge is 0.404 e. The molecule has 0 spiro atoms. The first-order valence-corrected chi connectivity index (χ1v) is 4.40. The van der Waals surface area contributed by atoms with Crippen LogP contribution in [0.2, 0.25) is 0 Å². The minimum Gasteiger partial charge on any atom is -0.404 e. The number of phosphoric ester groups is 1. The Labute approximate surface area is 70.1 Å². The van der Waals surface area contributed by atoms with Crippen LogP contribution in [0, 0.1) is 0 Å². The third kappa shape index (κ3) is 3.41. The number of carbonyl (C=O) groups excluding carboxylic acids is 1. The van der Waals surface area contributed by atoms with E-state index in [9.17, 15) is 9.36 Å². The monoisotopic (exact) mass is 195 g/mol. The van der Waals surface area contributed by atoms with E-state index in [1.807, 2.05) is 0 Å². The molecule has 1 N–H and O–H groups in total. The highest BCUT2D eigenvalue weighted by atomic mass is 31.2. The van der Waals surface area contributed by atoms with Crippen molar-refractivity contribution >= 4 is 13.9 Å². The molecule has 0 radical (unpaired) electrons. The molecule has 0 fully saturated rings. The Bertz CT molecular complexity index is 216. The summed E-state index contributed by atoms with van der Waals surface area (Å²) in [5, 5.41) is 2.09. The zero-order valence-corrected chi connectivity index (χ0v) is 7.67.